The summed E-state index contributed by atoms with van der Waals surface area (Å²) in [5, 5.41) is 0. The summed E-state index contributed by atoms with van der Waals surface area (Å²) < 4.78 is 6.53. The Bertz CT molecular complexity index is 510. The van der Waals surface area contributed by atoms with Gasteiger partial charge in [0.1, 0.15) is 12.4 Å². The number of halogens is 1. The summed E-state index contributed by atoms with van der Waals surface area (Å²) in [5.41, 5.74) is 1.63. The van der Waals surface area contributed by atoms with E-state index in [0.717, 1.165) is 16.3 Å². The van der Waals surface area contributed by atoms with Crippen molar-refractivity contribution in [3.8, 4) is 5.75 Å². The molecule has 3 heteroatoms. The summed E-state index contributed by atoms with van der Waals surface area (Å²) >= 11 is 3.36. The first-order chi connectivity index (χ1) is 10.3. The molecule has 114 valence electrons. The van der Waals surface area contributed by atoms with Crippen LogP contribution in [-0.4, -0.2) is 6.29 Å². The lowest BCUT2D eigenvalue weighted by molar-refractivity contribution is 0.111. The molecule has 0 aliphatic carbocycles. The zero-order valence-corrected chi connectivity index (χ0v) is 14.7. The zero-order valence-electron chi connectivity index (χ0n) is 13.1. The predicted octanol–water partition coefficient (Wildman–Crippen LogP) is 5.89. The van der Waals surface area contributed by atoms with Gasteiger partial charge in [0.15, 0.2) is 6.29 Å². The van der Waals surface area contributed by atoms with E-state index < -0.39 is 0 Å². The summed E-state index contributed by atoms with van der Waals surface area (Å²) in [6, 6.07) is 15.2. The normalized spacial score (nSPS) is 8.62. The van der Waals surface area contributed by atoms with Gasteiger partial charge >= 0.3 is 0 Å². The van der Waals surface area contributed by atoms with E-state index in [2.05, 4.69) is 15.9 Å². The fourth-order valence-electron chi connectivity index (χ4n) is 1.47. The van der Waals surface area contributed by atoms with Gasteiger partial charge in [-0.25, -0.2) is 0 Å². The van der Waals surface area contributed by atoms with E-state index in [4.69, 9.17) is 4.74 Å². The molecule has 2 rings (SSSR count). The van der Waals surface area contributed by atoms with Gasteiger partial charge in [0.05, 0.1) is 5.56 Å². The quantitative estimate of drug-likeness (QED) is 0.642. The fraction of sp³-hybridized carbons (Fsp3) is 0.278. The number of hydrogen-bond acceptors (Lipinski definition) is 2. The third-order valence-corrected chi connectivity index (χ3v) is 2.83. The molecule has 0 aliphatic heterocycles. The van der Waals surface area contributed by atoms with Crippen LogP contribution in [0.5, 0.6) is 5.75 Å². The summed E-state index contributed by atoms with van der Waals surface area (Å²) in [6.45, 7) is 8.46. The van der Waals surface area contributed by atoms with Gasteiger partial charge in [-0.05, 0) is 23.8 Å². The number of benzene rings is 2. The van der Waals surface area contributed by atoms with Crippen molar-refractivity contribution in [2.45, 2.75) is 34.3 Å². The molecular formula is C18H23BrO2. The highest BCUT2D eigenvalue weighted by molar-refractivity contribution is 9.10. The van der Waals surface area contributed by atoms with Crippen molar-refractivity contribution in [1.82, 2.24) is 0 Å². The van der Waals surface area contributed by atoms with Crippen molar-refractivity contribution in [3.63, 3.8) is 0 Å². The van der Waals surface area contributed by atoms with Gasteiger partial charge in [-0.1, -0.05) is 74.0 Å². The Balaban J connectivity index is 0.000000921. The Morgan fingerprint density at radius 1 is 1.00 bits per heavy atom. The van der Waals surface area contributed by atoms with E-state index in [-0.39, 0.29) is 0 Å². The Labute approximate surface area is 136 Å². The number of hydrogen-bond donors (Lipinski definition) is 0. The summed E-state index contributed by atoms with van der Waals surface area (Å²) in [6.07, 6.45) is 0.798. The maximum atomic E-state index is 10.9. The molecule has 21 heavy (non-hydrogen) atoms. The number of aldehydes is 1. The van der Waals surface area contributed by atoms with Gasteiger partial charge in [0.25, 0.3) is 0 Å². The van der Waals surface area contributed by atoms with Crippen molar-refractivity contribution in [2.75, 3.05) is 0 Å². The van der Waals surface area contributed by atoms with Crippen molar-refractivity contribution >= 4 is 22.2 Å². The molecule has 2 aromatic rings. The highest BCUT2D eigenvalue weighted by Gasteiger charge is 2.03. The maximum absolute atomic E-state index is 10.9. The topological polar surface area (TPSA) is 26.3 Å². The molecule has 2 nitrogen and oxygen atoms in total. The Morgan fingerprint density at radius 2 is 1.62 bits per heavy atom. The number of rotatable bonds is 4. The van der Waals surface area contributed by atoms with Gasteiger partial charge in [-0.3, -0.25) is 4.79 Å². The molecule has 0 saturated heterocycles. The molecule has 0 N–H and O–H groups in total. The van der Waals surface area contributed by atoms with Crippen LogP contribution >= 0.6 is 15.9 Å². The minimum atomic E-state index is 0.456. The lowest BCUT2D eigenvalue weighted by Crippen LogP contribution is -1.98. The van der Waals surface area contributed by atoms with Crippen LogP contribution in [0.15, 0.2) is 53.0 Å². The minimum Gasteiger partial charge on any atom is -0.488 e. The molecule has 0 atom stereocenters. The van der Waals surface area contributed by atoms with Crippen molar-refractivity contribution < 1.29 is 9.53 Å². The second kappa shape index (κ2) is 12.2. The standard InChI is InChI=1S/C14H11BrO2.2C2H6/c15-13-7-6-12(9-16)14(8-13)17-10-11-4-2-1-3-5-11;2*1-2/h1-9H,10H2;2*1-2H3. The molecule has 0 heterocycles. The first-order valence-electron chi connectivity index (χ1n) is 7.21. The van der Waals surface area contributed by atoms with Crippen LogP contribution in [0.4, 0.5) is 0 Å². The van der Waals surface area contributed by atoms with E-state index >= 15 is 0 Å². The van der Waals surface area contributed by atoms with Crippen LogP contribution in [0.2, 0.25) is 0 Å². The van der Waals surface area contributed by atoms with Gasteiger partial charge in [0.2, 0.25) is 0 Å². The molecular weight excluding hydrogens is 328 g/mol. The molecule has 0 spiro atoms. The zero-order chi connectivity index (χ0) is 16.1. The highest BCUT2D eigenvalue weighted by atomic mass is 79.9. The van der Waals surface area contributed by atoms with Gasteiger partial charge in [-0.2, -0.15) is 0 Å². The van der Waals surface area contributed by atoms with E-state index in [0.29, 0.717) is 17.9 Å². The molecule has 2 aromatic carbocycles. The fourth-order valence-corrected chi connectivity index (χ4v) is 1.81. The number of carbonyl (C=O) groups is 1. The maximum Gasteiger partial charge on any atom is 0.153 e. The van der Waals surface area contributed by atoms with Crippen LogP contribution in [0.25, 0.3) is 0 Å². The van der Waals surface area contributed by atoms with Crippen LogP contribution < -0.4 is 4.74 Å². The van der Waals surface area contributed by atoms with E-state index in [1.54, 1.807) is 12.1 Å². The van der Waals surface area contributed by atoms with Crippen molar-refractivity contribution in [2.24, 2.45) is 0 Å². The van der Waals surface area contributed by atoms with Gasteiger partial charge in [-0.15, -0.1) is 0 Å². The first kappa shape index (κ1) is 19.4. The Kier molecular flexibility index (Phi) is 11.2. The van der Waals surface area contributed by atoms with E-state index in [1.807, 2.05) is 64.1 Å². The molecule has 0 saturated carbocycles. The molecule has 0 bridgehead atoms. The van der Waals surface area contributed by atoms with Crippen LogP contribution in [0.3, 0.4) is 0 Å². The Hall–Kier alpha value is -1.61. The lowest BCUT2D eigenvalue weighted by Gasteiger charge is -2.08. The van der Waals surface area contributed by atoms with Crippen LogP contribution in [-0.2, 0) is 6.61 Å². The van der Waals surface area contributed by atoms with Crippen molar-refractivity contribution in [1.29, 1.82) is 0 Å². The van der Waals surface area contributed by atoms with Gasteiger partial charge < -0.3 is 4.74 Å². The number of ether oxygens (including phenoxy) is 1. The monoisotopic (exact) mass is 350 g/mol. The average molecular weight is 351 g/mol. The molecule has 0 fully saturated rings. The van der Waals surface area contributed by atoms with E-state index in [1.165, 1.54) is 0 Å². The third kappa shape index (κ3) is 7.09. The second-order valence-electron chi connectivity index (χ2n) is 3.57. The highest BCUT2D eigenvalue weighted by Crippen LogP contribution is 2.23. The average Bonchev–Trinajstić information content (AvgIpc) is 2.58. The third-order valence-electron chi connectivity index (χ3n) is 2.34. The van der Waals surface area contributed by atoms with E-state index in [9.17, 15) is 4.79 Å². The van der Waals surface area contributed by atoms with Crippen molar-refractivity contribution in [3.05, 3.63) is 64.1 Å². The SMILES string of the molecule is CC.CC.O=Cc1ccc(Br)cc1OCc1ccccc1. The van der Waals surface area contributed by atoms with Crippen LogP contribution in [0, 0.1) is 0 Å². The molecule has 0 amide bonds. The molecule has 0 unspecified atom stereocenters. The lowest BCUT2D eigenvalue weighted by atomic mass is 10.2. The molecule has 0 aromatic heterocycles. The summed E-state index contributed by atoms with van der Waals surface area (Å²) in [4.78, 5) is 10.9. The summed E-state index contributed by atoms with van der Waals surface area (Å²) in [7, 11) is 0. The summed E-state index contributed by atoms with van der Waals surface area (Å²) in [5.74, 6) is 0.596. The predicted molar refractivity (Wildman–Crippen MR) is 93.0 cm³/mol. The Morgan fingerprint density at radius 3 is 2.19 bits per heavy atom. The largest absolute Gasteiger partial charge is 0.488 e. The van der Waals surface area contributed by atoms with Crippen LogP contribution in [0.1, 0.15) is 43.6 Å². The smallest absolute Gasteiger partial charge is 0.153 e. The van der Waals surface area contributed by atoms with Gasteiger partial charge in [0, 0.05) is 4.47 Å². The minimum absolute atomic E-state index is 0.456. The molecule has 0 aliphatic rings. The molecule has 0 radical (unpaired) electrons. The number of carbonyl (C=O) groups excluding carboxylic acids is 1. The second-order valence-corrected chi connectivity index (χ2v) is 4.49. The first-order valence-corrected chi connectivity index (χ1v) is 8.00.